The molecule has 6 rings (SSSR count). The van der Waals surface area contributed by atoms with Crippen molar-refractivity contribution in [3.63, 3.8) is 0 Å². The minimum atomic E-state index is -0.523. The molecule has 39 heavy (non-hydrogen) atoms. The summed E-state index contributed by atoms with van der Waals surface area (Å²) in [6, 6.07) is 12.7. The largest absolute Gasteiger partial charge is 0.481 e. The number of ether oxygens (including phenoxy) is 1. The highest BCUT2D eigenvalue weighted by atomic mass is 16.5. The number of nitrogens with zero attached hydrogens (tertiary/aromatic N) is 4. The van der Waals surface area contributed by atoms with E-state index in [4.69, 9.17) is 4.74 Å². The molecule has 4 heterocycles. The molecule has 3 atom stereocenters. The van der Waals surface area contributed by atoms with E-state index in [0.29, 0.717) is 35.2 Å². The molecular weight excluding hydrogens is 490 g/mol. The molecule has 8 nitrogen and oxygen atoms in total. The maximum atomic E-state index is 14.1. The first kappa shape index (κ1) is 26.0. The number of nitrogens with one attached hydrogen (secondary N) is 1. The van der Waals surface area contributed by atoms with E-state index in [2.05, 4.69) is 27.1 Å². The lowest BCUT2D eigenvalue weighted by Gasteiger charge is -2.49. The molecule has 2 aliphatic heterocycles. The molecule has 1 amide bonds. The van der Waals surface area contributed by atoms with Crippen LogP contribution >= 0.6 is 0 Å². The summed E-state index contributed by atoms with van der Waals surface area (Å²) in [5.74, 6) is -0.0718. The van der Waals surface area contributed by atoms with Crippen molar-refractivity contribution in [2.75, 3.05) is 12.4 Å². The lowest BCUT2D eigenvalue weighted by molar-refractivity contribution is 0.0162. The van der Waals surface area contributed by atoms with Gasteiger partial charge in [-0.05, 0) is 63.6 Å². The third kappa shape index (κ3) is 4.95. The van der Waals surface area contributed by atoms with Crippen molar-refractivity contribution in [2.45, 2.75) is 101 Å². The fraction of sp³-hybridized carbons (Fsp3) is 0.548. The van der Waals surface area contributed by atoms with Gasteiger partial charge in [-0.1, -0.05) is 44.2 Å². The maximum absolute atomic E-state index is 14.1. The Morgan fingerprint density at radius 2 is 1.64 bits per heavy atom. The Balaban J connectivity index is 1.34. The van der Waals surface area contributed by atoms with Crippen LogP contribution in [-0.4, -0.2) is 50.6 Å². The van der Waals surface area contributed by atoms with Crippen LogP contribution in [0.25, 0.3) is 11.0 Å². The first-order valence-corrected chi connectivity index (χ1v) is 14.6. The van der Waals surface area contributed by atoms with Crippen LogP contribution in [0.15, 0.2) is 47.4 Å². The zero-order valence-electron chi connectivity index (χ0n) is 23.1. The van der Waals surface area contributed by atoms with Gasteiger partial charge in [0.15, 0.2) is 5.69 Å². The summed E-state index contributed by atoms with van der Waals surface area (Å²) in [6.45, 7) is 2.22. The van der Waals surface area contributed by atoms with Gasteiger partial charge in [-0.15, -0.1) is 0 Å². The van der Waals surface area contributed by atoms with Gasteiger partial charge in [0.05, 0.1) is 30.0 Å². The van der Waals surface area contributed by atoms with Crippen LogP contribution in [0, 0.1) is 0 Å². The van der Waals surface area contributed by atoms with Gasteiger partial charge in [0, 0.05) is 29.7 Å². The number of pyridine rings is 1. The number of amides is 1. The first-order valence-electron chi connectivity index (χ1n) is 14.6. The highest BCUT2D eigenvalue weighted by Crippen LogP contribution is 2.47. The van der Waals surface area contributed by atoms with Gasteiger partial charge >= 0.3 is 0 Å². The minimum Gasteiger partial charge on any atom is -0.481 e. The molecule has 1 aliphatic carbocycles. The molecular formula is C31H39N5O3. The number of carbonyl (C=O) groups excluding carboxylic acids is 1. The fourth-order valence-corrected chi connectivity index (χ4v) is 7.59. The van der Waals surface area contributed by atoms with E-state index in [-0.39, 0.29) is 16.8 Å². The summed E-state index contributed by atoms with van der Waals surface area (Å²) in [5, 5.41) is 2.81. The van der Waals surface area contributed by atoms with Crippen LogP contribution in [-0.2, 0) is 5.54 Å². The van der Waals surface area contributed by atoms with Crippen molar-refractivity contribution in [1.29, 1.82) is 0 Å². The van der Waals surface area contributed by atoms with E-state index >= 15 is 0 Å². The Kier molecular flexibility index (Phi) is 7.14. The molecule has 2 saturated heterocycles. The lowest BCUT2D eigenvalue weighted by atomic mass is 9.81. The summed E-state index contributed by atoms with van der Waals surface area (Å²) >= 11 is 0. The van der Waals surface area contributed by atoms with E-state index < -0.39 is 5.91 Å². The Morgan fingerprint density at radius 3 is 2.31 bits per heavy atom. The predicted octanol–water partition coefficient (Wildman–Crippen LogP) is 5.51. The van der Waals surface area contributed by atoms with Crippen molar-refractivity contribution in [3.05, 3.63) is 58.6 Å². The van der Waals surface area contributed by atoms with Crippen LogP contribution in [0.1, 0.15) is 88.0 Å². The van der Waals surface area contributed by atoms with Crippen molar-refractivity contribution < 1.29 is 9.53 Å². The van der Waals surface area contributed by atoms with Crippen LogP contribution in [0.3, 0.4) is 0 Å². The number of para-hydroxylation sites is 2. The van der Waals surface area contributed by atoms with Gasteiger partial charge < -0.3 is 10.1 Å². The number of fused-ring (bicyclic) bond motifs is 3. The van der Waals surface area contributed by atoms with Crippen LogP contribution in [0.2, 0.25) is 0 Å². The van der Waals surface area contributed by atoms with Crippen molar-refractivity contribution >= 4 is 22.6 Å². The topological polar surface area (TPSA) is 89.4 Å². The SMILES string of the molecule is COc1ccc(NC(=O)c2nc3ccccc3n(C3(C)C[C@H]4CC[C@@H](C3)N4C3CCCCCCC3)c2=O)cn1. The smallest absolute Gasteiger partial charge is 0.283 e. The van der Waals surface area contributed by atoms with Crippen LogP contribution < -0.4 is 15.6 Å². The fourth-order valence-electron chi connectivity index (χ4n) is 7.59. The zero-order chi connectivity index (χ0) is 27.0. The molecule has 3 aromatic rings. The number of benzene rings is 1. The zero-order valence-corrected chi connectivity index (χ0v) is 23.1. The van der Waals surface area contributed by atoms with E-state index in [1.165, 1.54) is 71.1 Å². The second-order valence-electron chi connectivity index (χ2n) is 11.9. The molecule has 2 bridgehead atoms. The first-order chi connectivity index (χ1) is 19.0. The number of hydrogen-bond acceptors (Lipinski definition) is 6. The minimum absolute atomic E-state index is 0.0828. The Hall–Kier alpha value is -3.26. The third-order valence-electron chi connectivity index (χ3n) is 9.24. The number of anilines is 1. The van der Waals surface area contributed by atoms with Gasteiger partial charge in [-0.3, -0.25) is 19.1 Å². The molecule has 3 fully saturated rings. The van der Waals surface area contributed by atoms with Crippen molar-refractivity contribution in [3.8, 4) is 5.88 Å². The normalized spacial score (nSPS) is 26.2. The Bertz CT molecular complexity index is 1380. The van der Waals surface area contributed by atoms with Gasteiger partial charge in [0.25, 0.3) is 11.5 Å². The maximum Gasteiger partial charge on any atom is 0.283 e. The molecule has 1 N–H and O–H groups in total. The van der Waals surface area contributed by atoms with Gasteiger partial charge in [0.1, 0.15) is 0 Å². The van der Waals surface area contributed by atoms with E-state index in [0.717, 1.165) is 18.4 Å². The summed E-state index contributed by atoms with van der Waals surface area (Å²) < 4.78 is 7.01. The highest BCUT2D eigenvalue weighted by molar-refractivity contribution is 6.03. The van der Waals surface area contributed by atoms with Crippen LogP contribution in [0.4, 0.5) is 5.69 Å². The number of rotatable bonds is 5. The molecule has 0 spiro atoms. The molecule has 8 heteroatoms. The lowest BCUT2D eigenvalue weighted by Crippen LogP contribution is -2.56. The third-order valence-corrected chi connectivity index (χ3v) is 9.24. The van der Waals surface area contributed by atoms with E-state index in [1.807, 2.05) is 28.8 Å². The van der Waals surface area contributed by atoms with E-state index in [1.54, 1.807) is 12.1 Å². The summed E-state index contributed by atoms with van der Waals surface area (Å²) in [4.78, 5) is 39.0. The predicted molar refractivity (Wildman–Crippen MR) is 152 cm³/mol. The molecule has 2 aromatic heterocycles. The van der Waals surface area contributed by atoms with Gasteiger partial charge in [0.2, 0.25) is 5.88 Å². The number of piperidine rings is 1. The monoisotopic (exact) mass is 529 g/mol. The number of carbonyl (C=O) groups is 1. The van der Waals surface area contributed by atoms with Crippen molar-refractivity contribution in [1.82, 2.24) is 19.4 Å². The van der Waals surface area contributed by atoms with E-state index in [9.17, 15) is 9.59 Å². The van der Waals surface area contributed by atoms with Gasteiger partial charge in [-0.2, -0.15) is 0 Å². The average Bonchev–Trinajstić information content (AvgIpc) is 3.19. The standard InChI is InChI=1S/C31H39N5O3/c1-31(18-23-15-16-24(19-31)35(23)22-10-6-4-3-5-7-11-22)36-26-13-9-8-12-25(26)34-28(30(36)38)29(37)33-21-14-17-27(39-2)32-20-21/h8-9,12-14,17,20,22-24H,3-7,10-11,15-16,18-19H2,1-2H3,(H,33,37)/t23-,24+,31?. The van der Waals surface area contributed by atoms with Crippen LogP contribution in [0.5, 0.6) is 5.88 Å². The Labute approximate surface area is 229 Å². The summed E-state index contributed by atoms with van der Waals surface area (Å²) in [7, 11) is 1.54. The average molecular weight is 530 g/mol. The number of methoxy groups -OCH3 is 1. The second-order valence-corrected chi connectivity index (χ2v) is 11.9. The number of aromatic nitrogens is 3. The molecule has 0 radical (unpaired) electrons. The number of hydrogen-bond donors (Lipinski definition) is 1. The molecule has 1 saturated carbocycles. The van der Waals surface area contributed by atoms with Crippen molar-refractivity contribution in [2.24, 2.45) is 0 Å². The quantitative estimate of drug-likeness (QED) is 0.469. The molecule has 206 valence electrons. The Morgan fingerprint density at radius 1 is 0.949 bits per heavy atom. The summed E-state index contributed by atoms with van der Waals surface area (Å²) in [6.07, 6.45) is 15.1. The highest BCUT2D eigenvalue weighted by Gasteiger charge is 2.49. The second kappa shape index (κ2) is 10.7. The summed E-state index contributed by atoms with van der Waals surface area (Å²) in [5.41, 5.74) is 1.14. The molecule has 3 aliphatic rings. The molecule has 1 aromatic carbocycles. The van der Waals surface area contributed by atoms with Gasteiger partial charge in [-0.25, -0.2) is 9.97 Å². The molecule has 1 unspecified atom stereocenters.